The molecule has 0 aliphatic heterocycles. The van der Waals surface area contributed by atoms with Crippen LogP contribution in [0.15, 0.2) is 24.3 Å². The molecule has 0 bridgehead atoms. The molecule has 0 fully saturated rings. The van der Waals surface area contributed by atoms with E-state index in [4.69, 9.17) is 5.73 Å². The summed E-state index contributed by atoms with van der Waals surface area (Å²) in [5, 5.41) is 0. The minimum Gasteiger partial charge on any atom is -0.326 e. The molecule has 1 aromatic rings. The van der Waals surface area contributed by atoms with Gasteiger partial charge in [-0.1, -0.05) is 56.9 Å². The molecule has 0 radical (unpaired) electrons. The van der Waals surface area contributed by atoms with E-state index in [0.717, 1.165) is 0 Å². The first kappa shape index (κ1) is 12.3. The third kappa shape index (κ3) is 4.98. The third-order valence-electron chi connectivity index (χ3n) is 2.80. The van der Waals surface area contributed by atoms with Gasteiger partial charge in [-0.3, -0.25) is 0 Å². The summed E-state index contributed by atoms with van der Waals surface area (Å²) in [6, 6.07) is 8.66. The number of hydrogen-bond acceptors (Lipinski definition) is 1. The van der Waals surface area contributed by atoms with Crippen LogP contribution in [0.3, 0.4) is 0 Å². The lowest BCUT2D eigenvalue weighted by atomic mass is 10.0. The predicted octanol–water partition coefficient (Wildman–Crippen LogP) is 3.66. The fourth-order valence-corrected chi connectivity index (χ4v) is 1.84. The number of unbranched alkanes of at least 4 members (excludes halogenated alkanes) is 4. The van der Waals surface area contributed by atoms with Crippen LogP contribution in [0.1, 0.15) is 50.2 Å². The van der Waals surface area contributed by atoms with Crippen molar-refractivity contribution < 1.29 is 0 Å². The second-order valence-electron chi connectivity index (χ2n) is 4.19. The maximum atomic E-state index is 5.61. The zero-order valence-corrected chi connectivity index (χ0v) is 9.84. The van der Waals surface area contributed by atoms with Crippen molar-refractivity contribution >= 4 is 0 Å². The highest BCUT2D eigenvalue weighted by Crippen LogP contribution is 2.10. The molecule has 84 valence electrons. The average molecular weight is 205 g/mol. The Morgan fingerprint density at radius 3 is 2.47 bits per heavy atom. The van der Waals surface area contributed by atoms with Crippen molar-refractivity contribution in [3.63, 3.8) is 0 Å². The van der Waals surface area contributed by atoms with E-state index in [0.29, 0.717) is 6.54 Å². The fourth-order valence-electron chi connectivity index (χ4n) is 1.84. The standard InChI is InChI=1S/C14H23N/c1-2-3-4-5-6-8-13-9-7-10-14(11-13)12-15/h7,9-11H,2-6,8,12,15H2,1H3. The second kappa shape index (κ2) is 7.47. The first-order chi connectivity index (χ1) is 7.36. The first-order valence-electron chi connectivity index (χ1n) is 6.14. The van der Waals surface area contributed by atoms with Gasteiger partial charge >= 0.3 is 0 Å². The lowest BCUT2D eigenvalue weighted by Crippen LogP contribution is -1.97. The Morgan fingerprint density at radius 2 is 1.73 bits per heavy atom. The largest absolute Gasteiger partial charge is 0.326 e. The Bertz CT molecular complexity index is 268. The summed E-state index contributed by atoms with van der Waals surface area (Å²) in [5.41, 5.74) is 8.30. The molecular formula is C14H23N. The van der Waals surface area contributed by atoms with Crippen molar-refractivity contribution in [1.29, 1.82) is 0 Å². The highest BCUT2D eigenvalue weighted by Gasteiger charge is 1.95. The molecule has 1 rings (SSSR count). The summed E-state index contributed by atoms with van der Waals surface area (Å²) in [5.74, 6) is 0. The molecule has 2 N–H and O–H groups in total. The van der Waals surface area contributed by atoms with Gasteiger partial charge in [-0.05, 0) is 24.0 Å². The second-order valence-corrected chi connectivity index (χ2v) is 4.19. The molecule has 1 heteroatoms. The smallest absolute Gasteiger partial charge is 0.0178 e. The van der Waals surface area contributed by atoms with Crippen molar-refractivity contribution in [3.05, 3.63) is 35.4 Å². The van der Waals surface area contributed by atoms with Crippen molar-refractivity contribution in [3.8, 4) is 0 Å². The first-order valence-corrected chi connectivity index (χ1v) is 6.14. The zero-order chi connectivity index (χ0) is 10.9. The molecule has 15 heavy (non-hydrogen) atoms. The van der Waals surface area contributed by atoms with Crippen molar-refractivity contribution in [1.82, 2.24) is 0 Å². The van der Waals surface area contributed by atoms with Crippen LogP contribution in [-0.4, -0.2) is 0 Å². The normalized spacial score (nSPS) is 10.5. The Kier molecular flexibility index (Phi) is 6.10. The van der Waals surface area contributed by atoms with E-state index in [9.17, 15) is 0 Å². The van der Waals surface area contributed by atoms with Crippen LogP contribution in [0.2, 0.25) is 0 Å². The number of hydrogen-bond donors (Lipinski definition) is 1. The summed E-state index contributed by atoms with van der Waals surface area (Å²) >= 11 is 0. The van der Waals surface area contributed by atoms with Crippen LogP contribution in [-0.2, 0) is 13.0 Å². The predicted molar refractivity (Wildman–Crippen MR) is 66.8 cm³/mol. The minimum absolute atomic E-state index is 0.656. The Balaban J connectivity index is 2.24. The van der Waals surface area contributed by atoms with E-state index in [1.165, 1.54) is 49.7 Å². The molecule has 0 unspecified atom stereocenters. The molecule has 0 atom stereocenters. The van der Waals surface area contributed by atoms with Gasteiger partial charge in [0.1, 0.15) is 0 Å². The summed E-state index contributed by atoms with van der Waals surface area (Å²) in [7, 11) is 0. The monoisotopic (exact) mass is 205 g/mol. The van der Waals surface area contributed by atoms with E-state index >= 15 is 0 Å². The fraction of sp³-hybridized carbons (Fsp3) is 0.571. The third-order valence-corrected chi connectivity index (χ3v) is 2.80. The van der Waals surface area contributed by atoms with Crippen LogP contribution >= 0.6 is 0 Å². The molecule has 1 nitrogen and oxygen atoms in total. The maximum absolute atomic E-state index is 5.61. The number of rotatable bonds is 7. The molecule has 0 heterocycles. The molecule has 0 aliphatic rings. The molecule has 1 aromatic carbocycles. The van der Waals surface area contributed by atoms with Crippen LogP contribution in [0.4, 0.5) is 0 Å². The van der Waals surface area contributed by atoms with E-state index in [2.05, 4.69) is 31.2 Å². The molecule has 0 aromatic heterocycles. The summed E-state index contributed by atoms with van der Waals surface area (Å²) in [6.45, 7) is 2.91. The minimum atomic E-state index is 0.656. The SMILES string of the molecule is CCCCCCCc1cccc(CN)c1. The van der Waals surface area contributed by atoms with E-state index in [1.807, 2.05) is 0 Å². The summed E-state index contributed by atoms with van der Waals surface area (Å²) < 4.78 is 0. The lowest BCUT2D eigenvalue weighted by Gasteiger charge is -2.03. The molecule has 0 saturated heterocycles. The van der Waals surface area contributed by atoms with Gasteiger partial charge in [0, 0.05) is 6.54 Å². The summed E-state index contributed by atoms with van der Waals surface area (Å²) in [6.07, 6.45) is 7.96. The Hall–Kier alpha value is -0.820. The van der Waals surface area contributed by atoms with Gasteiger partial charge in [0.2, 0.25) is 0 Å². The average Bonchev–Trinajstić information content (AvgIpc) is 2.29. The topological polar surface area (TPSA) is 26.0 Å². The highest BCUT2D eigenvalue weighted by atomic mass is 14.5. The molecule has 0 saturated carbocycles. The van der Waals surface area contributed by atoms with Crippen LogP contribution < -0.4 is 5.73 Å². The van der Waals surface area contributed by atoms with Crippen LogP contribution in [0.25, 0.3) is 0 Å². The van der Waals surface area contributed by atoms with Gasteiger partial charge in [0.25, 0.3) is 0 Å². The number of aryl methyl sites for hydroxylation is 1. The van der Waals surface area contributed by atoms with E-state index in [-0.39, 0.29) is 0 Å². The lowest BCUT2D eigenvalue weighted by molar-refractivity contribution is 0.632. The molecule has 0 amide bonds. The van der Waals surface area contributed by atoms with Gasteiger partial charge in [0.05, 0.1) is 0 Å². The number of benzene rings is 1. The van der Waals surface area contributed by atoms with Gasteiger partial charge in [-0.15, -0.1) is 0 Å². The van der Waals surface area contributed by atoms with Gasteiger partial charge in [-0.25, -0.2) is 0 Å². The highest BCUT2D eigenvalue weighted by molar-refractivity contribution is 5.23. The van der Waals surface area contributed by atoms with Gasteiger partial charge < -0.3 is 5.73 Å². The van der Waals surface area contributed by atoms with Crippen molar-refractivity contribution in [2.45, 2.75) is 52.0 Å². The Morgan fingerprint density at radius 1 is 1.00 bits per heavy atom. The van der Waals surface area contributed by atoms with Crippen molar-refractivity contribution in [2.75, 3.05) is 0 Å². The summed E-state index contributed by atoms with van der Waals surface area (Å²) in [4.78, 5) is 0. The molecule has 0 aliphatic carbocycles. The zero-order valence-electron chi connectivity index (χ0n) is 9.84. The van der Waals surface area contributed by atoms with Crippen LogP contribution in [0, 0.1) is 0 Å². The molecular weight excluding hydrogens is 182 g/mol. The van der Waals surface area contributed by atoms with Gasteiger partial charge in [-0.2, -0.15) is 0 Å². The maximum Gasteiger partial charge on any atom is 0.0178 e. The van der Waals surface area contributed by atoms with Crippen molar-refractivity contribution in [2.24, 2.45) is 5.73 Å². The Labute approximate surface area is 93.7 Å². The quantitative estimate of drug-likeness (QED) is 0.675. The van der Waals surface area contributed by atoms with Gasteiger partial charge in [0.15, 0.2) is 0 Å². The molecule has 0 spiro atoms. The van der Waals surface area contributed by atoms with Crippen LogP contribution in [0.5, 0.6) is 0 Å². The van der Waals surface area contributed by atoms with E-state index < -0.39 is 0 Å². The van der Waals surface area contributed by atoms with E-state index in [1.54, 1.807) is 0 Å². The number of nitrogens with two attached hydrogens (primary N) is 1.